The van der Waals surface area contributed by atoms with E-state index < -0.39 is 17.6 Å². The van der Waals surface area contributed by atoms with Crippen LogP contribution in [0.4, 0.5) is 15.0 Å². The van der Waals surface area contributed by atoms with Crippen molar-refractivity contribution >= 4 is 27.8 Å². The van der Waals surface area contributed by atoms with E-state index in [4.69, 9.17) is 4.74 Å². The highest BCUT2D eigenvalue weighted by Crippen LogP contribution is 2.22. The molecule has 0 saturated carbocycles. The van der Waals surface area contributed by atoms with Gasteiger partial charge in [0.05, 0.1) is 10.2 Å². The van der Waals surface area contributed by atoms with Gasteiger partial charge in [-0.05, 0) is 61.0 Å². The van der Waals surface area contributed by atoms with Gasteiger partial charge in [0.1, 0.15) is 11.4 Å². The lowest BCUT2D eigenvalue weighted by atomic mass is 10.2. The Morgan fingerprint density at radius 3 is 2.48 bits per heavy atom. The van der Waals surface area contributed by atoms with E-state index in [9.17, 15) is 9.18 Å². The molecule has 0 N–H and O–H groups in total. The number of ether oxygens (including phenoxy) is 1. The highest BCUT2D eigenvalue weighted by atomic mass is 79.9. The summed E-state index contributed by atoms with van der Waals surface area (Å²) in [6.45, 7) is 5.38. The van der Waals surface area contributed by atoms with Gasteiger partial charge in [0, 0.05) is 18.8 Å². The SMILES string of the molecule is CN(C(=O)OC(C)(C)C)c1ccc(-c2ccc(Br)c(F)n2)cn1. The summed E-state index contributed by atoms with van der Waals surface area (Å²) in [5.41, 5.74) is 0.534. The second kappa shape index (κ2) is 6.62. The predicted octanol–water partition coefficient (Wildman–Crippen LogP) is 4.42. The number of hydrogen-bond acceptors (Lipinski definition) is 4. The average Bonchev–Trinajstić information content (AvgIpc) is 2.48. The molecule has 2 aromatic rings. The third-order valence-corrected chi connectivity index (χ3v) is 3.45. The van der Waals surface area contributed by atoms with E-state index in [1.54, 1.807) is 52.1 Å². The lowest BCUT2D eigenvalue weighted by molar-refractivity contribution is 0.0588. The van der Waals surface area contributed by atoms with Gasteiger partial charge in [0.25, 0.3) is 0 Å². The quantitative estimate of drug-likeness (QED) is 0.722. The maximum absolute atomic E-state index is 13.5. The highest BCUT2D eigenvalue weighted by molar-refractivity contribution is 9.10. The number of pyridine rings is 2. The number of nitrogens with zero attached hydrogens (tertiary/aromatic N) is 3. The fourth-order valence-electron chi connectivity index (χ4n) is 1.74. The molecule has 0 fully saturated rings. The normalized spacial score (nSPS) is 11.2. The second-order valence-corrected chi connectivity index (χ2v) is 6.77. The molecular formula is C16H17BrFN3O2. The minimum absolute atomic E-state index is 0.301. The molecule has 0 aliphatic carbocycles. The first kappa shape index (κ1) is 17.3. The molecule has 122 valence electrons. The van der Waals surface area contributed by atoms with E-state index in [-0.39, 0.29) is 0 Å². The molecule has 0 saturated heterocycles. The van der Waals surface area contributed by atoms with Gasteiger partial charge < -0.3 is 4.74 Å². The lowest BCUT2D eigenvalue weighted by Gasteiger charge is -2.24. The molecule has 0 spiro atoms. The molecular weight excluding hydrogens is 365 g/mol. The molecule has 2 aromatic heterocycles. The van der Waals surface area contributed by atoms with Crippen LogP contribution in [0.25, 0.3) is 11.3 Å². The molecule has 5 nitrogen and oxygen atoms in total. The number of aromatic nitrogens is 2. The summed E-state index contributed by atoms with van der Waals surface area (Å²) < 4.78 is 19.1. The van der Waals surface area contributed by atoms with E-state index >= 15 is 0 Å². The fraction of sp³-hybridized carbons (Fsp3) is 0.312. The predicted molar refractivity (Wildman–Crippen MR) is 89.8 cm³/mol. The monoisotopic (exact) mass is 381 g/mol. The van der Waals surface area contributed by atoms with Crippen LogP contribution in [0.15, 0.2) is 34.9 Å². The molecule has 7 heteroatoms. The molecule has 0 radical (unpaired) electrons. The third kappa shape index (κ3) is 4.48. The van der Waals surface area contributed by atoms with Crippen molar-refractivity contribution in [2.75, 3.05) is 11.9 Å². The van der Waals surface area contributed by atoms with Crippen molar-refractivity contribution in [3.05, 3.63) is 40.9 Å². The molecule has 0 aliphatic heterocycles. The van der Waals surface area contributed by atoms with Crippen LogP contribution in [0.2, 0.25) is 0 Å². The minimum atomic E-state index is -0.586. The van der Waals surface area contributed by atoms with E-state index in [0.29, 0.717) is 21.5 Å². The first-order chi connectivity index (χ1) is 10.7. The molecule has 2 rings (SSSR count). The van der Waals surface area contributed by atoms with Crippen LogP contribution in [-0.2, 0) is 4.74 Å². The molecule has 0 unspecified atom stereocenters. The van der Waals surface area contributed by atoms with Crippen molar-refractivity contribution in [3.8, 4) is 11.3 Å². The summed E-state index contributed by atoms with van der Waals surface area (Å²) in [6.07, 6.45) is 1.04. The van der Waals surface area contributed by atoms with Gasteiger partial charge in [0.15, 0.2) is 0 Å². The van der Waals surface area contributed by atoms with Crippen molar-refractivity contribution in [1.82, 2.24) is 9.97 Å². The topological polar surface area (TPSA) is 55.3 Å². The van der Waals surface area contributed by atoms with Crippen LogP contribution in [0.5, 0.6) is 0 Å². The molecule has 2 heterocycles. The largest absolute Gasteiger partial charge is 0.443 e. The first-order valence-electron chi connectivity index (χ1n) is 6.92. The number of rotatable bonds is 2. The Hall–Kier alpha value is -2.02. The Labute approximate surface area is 142 Å². The average molecular weight is 382 g/mol. The fourth-order valence-corrected chi connectivity index (χ4v) is 1.96. The van der Waals surface area contributed by atoms with Crippen molar-refractivity contribution in [2.24, 2.45) is 0 Å². The smallest absolute Gasteiger partial charge is 0.415 e. The maximum atomic E-state index is 13.5. The van der Waals surface area contributed by atoms with Crippen molar-refractivity contribution < 1.29 is 13.9 Å². The van der Waals surface area contributed by atoms with Gasteiger partial charge in [-0.1, -0.05) is 0 Å². The number of carbonyl (C=O) groups is 1. The molecule has 1 amide bonds. The van der Waals surface area contributed by atoms with Gasteiger partial charge in [-0.3, -0.25) is 4.90 Å². The first-order valence-corrected chi connectivity index (χ1v) is 7.72. The zero-order chi connectivity index (χ0) is 17.2. The molecule has 0 aromatic carbocycles. The number of carbonyl (C=O) groups excluding carboxylic acids is 1. The van der Waals surface area contributed by atoms with Gasteiger partial charge in [-0.25, -0.2) is 14.8 Å². The van der Waals surface area contributed by atoms with Crippen LogP contribution < -0.4 is 4.90 Å². The van der Waals surface area contributed by atoms with Gasteiger partial charge in [-0.15, -0.1) is 0 Å². The van der Waals surface area contributed by atoms with E-state index in [1.165, 1.54) is 11.1 Å². The summed E-state index contributed by atoms with van der Waals surface area (Å²) in [6, 6.07) is 6.64. The van der Waals surface area contributed by atoms with Crippen LogP contribution in [0, 0.1) is 5.95 Å². The summed E-state index contributed by atoms with van der Waals surface area (Å²) in [5, 5.41) is 0. The number of anilines is 1. The number of halogens is 2. The van der Waals surface area contributed by atoms with Crippen molar-refractivity contribution in [1.29, 1.82) is 0 Å². The molecule has 0 aliphatic rings. The molecule has 0 atom stereocenters. The van der Waals surface area contributed by atoms with E-state index in [1.807, 2.05) is 0 Å². The van der Waals surface area contributed by atoms with Crippen LogP contribution in [0.3, 0.4) is 0 Å². The van der Waals surface area contributed by atoms with Crippen LogP contribution >= 0.6 is 15.9 Å². The minimum Gasteiger partial charge on any atom is -0.443 e. The van der Waals surface area contributed by atoms with E-state index in [2.05, 4.69) is 25.9 Å². The van der Waals surface area contributed by atoms with Gasteiger partial charge in [0.2, 0.25) is 5.95 Å². The Kier molecular flexibility index (Phi) is 4.99. The molecule has 0 bridgehead atoms. The third-order valence-electron chi connectivity index (χ3n) is 2.86. The summed E-state index contributed by atoms with van der Waals surface area (Å²) in [5.74, 6) is -0.155. The van der Waals surface area contributed by atoms with Crippen LogP contribution in [0.1, 0.15) is 20.8 Å². The van der Waals surface area contributed by atoms with Gasteiger partial charge >= 0.3 is 6.09 Å². The Morgan fingerprint density at radius 1 is 1.26 bits per heavy atom. The standard InChI is InChI=1S/C16H17BrFN3O2/c1-16(2,3)23-15(22)21(4)13-8-5-10(9-19-13)12-7-6-11(17)14(18)20-12/h5-9H,1-4H3. The lowest BCUT2D eigenvalue weighted by Crippen LogP contribution is -2.34. The zero-order valence-electron chi connectivity index (χ0n) is 13.3. The summed E-state index contributed by atoms with van der Waals surface area (Å²) in [7, 11) is 1.58. The van der Waals surface area contributed by atoms with Crippen LogP contribution in [-0.4, -0.2) is 28.7 Å². The maximum Gasteiger partial charge on any atom is 0.415 e. The van der Waals surface area contributed by atoms with E-state index in [0.717, 1.165) is 0 Å². The van der Waals surface area contributed by atoms with Gasteiger partial charge in [-0.2, -0.15) is 4.39 Å². The Morgan fingerprint density at radius 2 is 1.96 bits per heavy atom. The van der Waals surface area contributed by atoms with Crippen molar-refractivity contribution in [2.45, 2.75) is 26.4 Å². The van der Waals surface area contributed by atoms with Crippen molar-refractivity contribution in [3.63, 3.8) is 0 Å². The zero-order valence-corrected chi connectivity index (χ0v) is 14.9. The highest BCUT2D eigenvalue weighted by Gasteiger charge is 2.21. The second-order valence-electron chi connectivity index (χ2n) is 5.91. The summed E-state index contributed by atoms with van der Waals surface area (Å²) in [4.78, 5) is 21.4. The summed E-state index contributed by atoms with van der Waals surface area (Å²) >= 11 is 3.06. The number of hydrogen-bond donors (Lipinski definition) is 0. The Balaban J connectivity index is 2.18. The molecule has 23 heavy (non-hydrogen) atoms. The Bertz CT molecular complexity index is 714. The number of amides is 1.